The molecule has 0 N–H and O–H groups in total. The van der Waals surface area contributed by atoms with E-state index in [2.05, 4.69) is 20.9 Å². The van der Waals surface area contributed by atoms with Crippen molar-refractivity contribution >= 4 is 39.5 Å². The smallest absolute Gasteiger partial charge is 0.340 e. The van der Waals surface area contributed by atoms with Crippen LogP contribution in [0.2, 0.25) is 5.02 Å². The van der Waals surface area contributed by atoms with Crippen LogP contribution in [-0.4, -0.2) is 30.1 Å². The van der Waals surface area contributed by atoms with Crippen LogP contribution in [0.1, 0.15) is 51.5 Å². The van der Waals surface area contributed by atoms with Gasteiger partial charge in [-0.2, -0.15) is 0 Å². The van der Waals surface area contributed by atoms with Crippen LogP contribution in [-0.2, 0) is 16.1 Å². The maximum atomic E-state index is 13.0. The van der Waals surface area contributed by atoms with E-state index in [-0.39, 0.29) is 30.9 Å². The van der Waals surface area contributed by atoms with Gasteiger partial charge in [-0.1, -0.05) is 45.7 Å². The van der Waals surface area contributed by atoms with Crippen molar-refractivity contribution in [2.24, 2.45) is 0 Å². The normalized spacial score (nSPS) is 10.6. The lowest BCUT2D eigenvalue weighted by molar-refractivity contribution is 0.0525. The number of pyridine rings is 1. The molecule has 1 heterocycles. The van der Waals surface area contributed by atoms with Crippen molar-refractivity contribution in [2.75, 3.05) is 13.2 Å². The Morgan fingerprint density at radius 3 is 2.09 bits per heavy atom. The highest BCUT2D eigenvalue weighted by Gasteiger charge is 2.29. The second-order valence-corrected chi connectivity index (χ2v) is 8.69. The largest absolute Gasteiger partial charge is 0.488 e. The molecule has 1 aromatic heterocycles. The number of carbonyl (C=O) groups is 2. The van der Waals surface area contributed by atoms with Gasteiger partial charge in [-0.15, -0.1) is 0 Å². The first-order chi connectivity index (χ1) is 16.3. The molecule has 34 heavy (non-hydrogen) atoms. The van der Waals surface area contributed by atoms with Gasteiger partial charge in [0.05, 0.1) is 35.7 Å². The average molecular weight is 547 g/mol. The molecule has 0 atom stereocenters. The molecule has 0 fully saturated rings. The molecule has 3 rings (SSSR count). The fraction of sp³-hybridized carbons (Fsp3) is 0.269. The second kappa shape index (κ2) is 11.5. The molecule has 0 saturated heterocycles. The summed E-state index contributed by atoms with van der Waals surface area (Å²) in [5.41, 5.74) is 2.95. The van der Waals surface area contributed by atoms with Gasteiger partial charge in [-0.25, -0.2) is 9.59 Å². The summed E-state index contributed by atoms with van der Waals surface area (Å²) in [6.07, 6.45) is 0. The van der Waals surface area contributed by atoms with E-state index in [9.17, 15) is 9.59 Å². The average Bonchev–Trinajstić information content (AvgIpc) is 2.78. The Hall–Kier alpha value is -2.90. The van der Waals surface area contributed by atoms with Crippen molar-refractivity contribution in [3.8, 4) is 16.9 Å². The van der Waals surface area contributed by atoms with E-state index in [1.165, 1.54) is 0 Å². The number of aryl methyl sites for hydroxylation is 2. The maximum Gasteiger partial charge on any atom is 0.340 e. The number of benzene rings is 2. The minimum Gasteiger partial charge on any atom is -0.488 e. The van der Waals surface area contributed by atoms with Gasteiger partial charge in [-0.05, 0) is 52.0 Å². The molecule has 0 radical (unpaired) electrons. The fourth-order valence-electron chi connectivity index (χ4n) is 3.62. The molecule has 0 aliphatic rings. The molecule has 0 aliphatic heterocycles. The van der Waals surface area contributed by atoms with E-state index < -0.39 is 11.9 Å². The number of hydrogen-bond donors (Lipinski definition) is 0. The van der Waals surface area contributed by atoms with Crippen molar-refractivity contribution in [1.29, 1.82) is 0 Å². The van der Waals surface area contributed by atoms with Crippen molar-refractivity contribution in [2.45, 2.75) is 34.3 Å². The highest BCUT2D eigenvalue weighted by molar-refractivity contribution is 9.10. The summed E-state index contributed by atoms with van der Waals surface area (Å²) in [6.45, 7) is 7.40. The molecule has 6 nitrogen and oxygen atoms in total. The van der Waals surface area contributed by atoms with Crippen LogP contribution >= 0.6 is 27.5 Å². The fourth-order valence-corrected chi connectivity index (χ4v) is 4.17. The minimum absolute atomic E-state index is 0.175. The monoisotopic (exact) mass is 545 g/mol. The zero-order chi connectivity index (χ0) is 24.8. The summed E-state index contributed by atoms with van der Waals surface area (Å²) in [4.78, 5) is 30.5. The molecular formula is C26H25BrClNO5. The molecule has 0 aliphatic carbocycles. The van der Waals surface area contributed by atoms with E-state index >= 15 is 0 Å². The van der Waals surface area contributed by atoms with Gasteiger partial charge in [0.1, 0.15) is 12.4 Å². The number of ether oxygens (including phenoxy) is 3. The molecule has 0 spiro atoms. The third-order valence-electron chi connectivity index (χ3n) is 5.07. The Balaban J connectivity index is 2.26. The molecular weight excluding hydrogens is 522 g/mol. The van der Waals surface area contributed by atoms with Crippen LogP contribution in [0.4, 0.5) is 0 Å². The van der Waals surface area contributed by atoms with Crippen LogP contribution in [0.3, 0.4) is 0 Å². The Morgan fingerprint density at radius 1 is 0.941 bits per heavy atom. The molecule has 178 valence electrons. The first-order valence-electron chi connectivity index (χ1n) is 10.8. The summed E-state index contributed by atoms with van der Waals surface area (Å²) in [5, 5.41) is 0.580. The standard InChI is InChI=1S/C26H25BrClNO5/c1-5-32-25(30)22-15(3)29-16(4)23(26(31)33-6-2)24(22)19-13-18(27)11-12-21(19)34-14-17-9-7-8-10-20(17)28/h7-13H,5-6,14H2,1-4H3. The highest BCUT2D eigenvalue weighted by atomic mass is 79.9. The molecule has 0 saturated carbocycles. The SMILES string of the molecule is CCOC(=O)c1c(C)nc(C)c(C(=O)OCC)c1-c1cc(Br)ccc1OCc1ccccc1Cl. The quantitative estimate of drug-likeness (QED) is 0.292. The Bertz CT molecular complexity index is 1190. The maximum absolute atomic E-state index is 13.0. The van der Waals surface area contributed by atoms with Crippen molar-refractivity contribution < 1.29 is 23.8 Å². The third-order valence-corrected chi connectivity index (χ3v) is 5.93. The van der Waals surface area contributed by atoms with E-state index in [0.29, 0.717) is 33.3 Å². The number of nitrogens with zero attached hydrogens (tertiary/aromatic N) is 1. The van der Waals surface area contributed by atoms with E-state index in [1.54, 1.807) is 45.9 Å². The van der Waals surface area contributed by atoms with Gasteiger partial charge >= 0.3 is 11.9 Å². The van der Waals surface area contributed by atoms with Crippen molar-refractivity contribution in [1.82, 2.24) is 4.98 Å². The Morgan fingerprint density at radius 2 is 1.53 bits per heavy atom. The molecule has 0 bridgehead atoms. The van der Waals surface area contributed by atoms with E-state index in [0.717, 1.165) is 10.0 Å². The summed E-state index contributed by atoms with van der Waals surface area (Å²) in [5.74, 6) is -0.695. The lowest BCUT2D eigenvalue weighted by atomic mass is 9.91. The molecule has 2 aromatic carbocycles. The zero-order valence-electron chi connectivity index (χ0n) is 19.4. The number of hydrogen-bond acceptors (Lipinski definition) is 6. The van der Waals surface area contributed by atoms with Gasteiger partial charge in [0.15, 0.2) is 0 Å². The first kappa shape index (κ1) is 25.7. The topological polar surface area (TPSA) is 74.7 Å². The third kappa shape index (κ3) is 5.59. The molecule has 0 amide bonds. The summed E-state index contributed by atoms with van der Waals surface area (Å²) in [7, 11) is 0. The second-order valence-electron chi connectivity index (χ2n) is 7.37. The molecule has 0 unspecified atom stereocenters. The van der Waals surface area contributed by atoms with E-state index in [1.807, 2.05) is 24.3 Å². The number of carbonyl (C=O) groups excluding carboxylic acids is 2. The predicted molar refractivity (Wildman–Crippen MR) is 135 cm³/mol. The van der Waals surface area contributed by atoms with Gasteiger partial charge < -0.3 is 14.2 Å². The highest BCUT2D eigenvalue weighted by Crippen LogP contribution is 2.40. The van der Waals surface area contributed by atoms with Gasteiger partial charge in [0.2, 0.25) is 0 Å². The number of aromatic nitrogens is 1. The summed E-state index contributed by atoms with van der Waals surface area (Å²) in [6, 6.07) is 12.8. The number of esters is 2. The number of halogens is 2. The lowest BCUT2D eigenvalue weighted by Gasteiger charge is -2.20. The first-order valence-corrected chi connectivity index (χ1v) is 12.0. The molecule has 8 heteroatoms. The van der Waals surface area contributed by atoms with Crippen LogP contribution in [0.25, 0.3) is 11.1 Å². The van der Waals surface area contributed by atoms with Crippen LogP contribution < -0.4 is 4.74 Å². The van der Waals surface area contributed by atoms with Gasteiger partial charge in [0, 0.05) is 26.2 Å². The van der Waals surface area contributed by atoms with Crippen LogP contribution in [0.15, 0.2) is 46.9 Å². The van der Waals surface area contributed by atoms with Crippen LogP contribution in [0.5, 0.6) is 5.75 Å². The summed E-state index contributed by atoms with van der Waals surface area (Å²) >= 11 is 9.80. The van der Waals surface area contributed by atoms with Crippen molar-refractivity contribution in [3.05, 3.63) is 80.0 Å². The lowest BCUT2D eigenvalue weighted by Crippen LogP contribution is -2.18. The van der Waals surface area contributed by atoms with Crippen LogP contribution in [0, 0.1) is 13.8 Å². The zero-order valence-corrected chi connectivity index (χ0v) is 21.7. The van der Waals surface area contributed by atoms with Gasteiger partial charge in [-0.3, -0.25) is 4.98 Å². The molecule has 3 aromatic rings. The van der Waals surface area contributed by atoms with E-state index in [4.69, 9.17) is 25.8 Å². The Labute approximate surface area is 212 Å². The van der Waals surface area contributed by atoms with Gasteiger partial charge in [0.25, 0.3) is 0 Å². The minimum atomic E-state index is -0.579. The van der Waals surface area contributed by atoms with Crippen molar-refractivity contribution in [3.63, 3.8) is 0 Å². The summed E-state index contributed by atoms with van der Waals surface area (Å²) < 4.78 is 17.5. The predicted octanol–water partition coefficient (Wildman–Crippen LogP) is 6.71. The Kier molecular flexibility index (Phi) is 8.69. The number of rotatable bonds is 8.